The minimum absolute atomic E-state index is 0.861. The Morgan fingerprint density at radius 3 is 2.33 bits per heavy atom. The van der Waals surface area contributed by atoms with Gasteiger partial charge in [-0.3, -0.25) is 0 Å². The average molecular weight is 252 g/mol. The highest BCUT2D eigenvalue weighted by Gasteiger charge is 2.06. The summed E-state index contributed by atoms with van der Waals surface area (Å²) >= 11 is 1.69. The molecule has 0 saturated carbocycles. The van der Waals surface area contributed by atoms with E-state index in [0.29, 0.717) is 0 Å². The zero-order valence-electron chi connectivity index (χ0n) is 9.74. The maximum absolute atomic E-state index is 5.94. The van der Waals surface area contributed by atoms with Crippen LogP contribution >= 0.6 is 11.3 Å². The van der Waals surface area contributed by atoms with E-state index < -0.39 is 0 Å². The second-order valence-electron chi connectivity index (χ2n) is 3.92. The summed E-state index contributed by atoms with van der Waals surface area (Å²) in [6, 6.07) is 20.1. The van der Waals surface area contributed by atoms with Gasteiger partial charge < -0.3 is 4.74 Å². The normalized spacial score (nSPS) is 10.2. The Bertz CT molecular complexity index is 615. The Morgan fingerprint density at radius 2 is 1.56 bits per heavy atom. The van der Waals surface area contributed by atoms with Gasteiger partial charge in [-0.15, -0.1) is 0 Å². The van der Waals surface area contributed by atoms with Crippen LogP contribution in [0.15, 0.2) is 71.4 Å². The lowest BCUT2D eigenvalue weighted by molar-refractivity contribution is 0.484. The van der Waals surface area contributed by atoms with E-state index in [9.17, 15) is 0 Å². The molecule has 0 aliphatic heterocycles. The van der Waals surface area contributed by atoms with E-state index in [0.717, 1.165) is 17.1 Å². The summed E-state index contributed by atoms with van der Waals surface area (Å²) in [6.45, 7) is 0. The monoisotopic (exact) mass is 252 g/mol. The average Bonchev–Trinajstić information content (AvgIpc) is 2.94. The maximum Gasteiger partial charge on any atom is 0.135 e. The van der Waals surface area contributed by atoms with Crippen molar-refractivity contribution in [2.75, 3.05) is 0 Å². The predicted octanol–water partition coefficient (Wildman–Crippen LogP) is 5.21. The Balaban J connectivity index is 1.98. The van der Waals surface area contributed by atoms with Crippen molar-refractivity contribution in [1.82, 2.24) is 0 Å². The van der Waals surface area contributed by atoms with E-state index in [4.69, 9.17) is 4.74 Å². The molecule has 0 aliphatic rings. The first-order chi connectivity index (χ1) is 8.93. The third-order valence-corrected chi connectivity index (χ3v) is 3.37. The molecule has 0 radical (unpaired) electrons. The third kappa shape index (κ3) is 2.29. The van der Waals surface area contributed by atoms with E-state index in [1.807, 2.05) is 48.5 Å². The molecule has 0 atom stereocenters. The van der Waals surface area contributed by atoms with Gasteiger partial charge in [0.05, 0.1) is 0 Å². The molecule has 3 rings (SSSR count). The lowest BCUT2D eigenvalue weighted by Gasteiger charge is -2.09. The minimum Gasteiger partial charge on any atom is -0.457 e. The summed E-state index contributed by atoms with van der Waals surface area (Å²) < 4.78 is 5.94. The molecule has 88 valence electrons. The van der Waals surface area contributed by atoms with Crippen molar-refractivity contribution in [3.8, 4) is 22.6 Å². The van der Waals surface area contributed by atoms with Crippen LogP contribution in [0, 0.1) is 0 Å². The number of benzene rings is 2. The second-order valence-corrected chi connectivity index (χ2v) is 4.70. The summed E-state index contributed by atoms with van der Waals surface area (Å²) in [5, 5.41) is 4.21. The third-order valence-electron chi connectivity index (χ3n) is 2.69. The molecule has 0 bridgehead atoms. The van der Waals surface area contributed by atoms with Crippen molar-refractivity contribution in [2.45, 2.75) is 0 Å². The van der Waals surface area contributed by atoms with E-state index >= 15 is 0 Å². The van der Waals surface area contributed by atoms with Gasteiger partial charge in [0.15, 0.2) is 0 Å². The molecule has 18 heavy (non-hydrogen) atoms. The molecule has 0 fully saturated rings. The summed E-state index contributed by atoms with van der Waals surface area (Å²) in [5.74, 6) is 1.75. The summed E-state index contributed by atoms with van der Waals surface area (Å²) in [5.41, 5.74) is 2.33. The van der Waals surface area contributed by atoms with Crippen LogP contribution in [0.25, 0.3) is 11.1 Å². The molecule has 2 aromatic carbocycles. The fourth-order valence-corrected chi connectivity index (χ4v) is 2.48. The SMILES string of the molecule is c1ccc(Oc2ccccc2-c2ccsc2)cc1. The van der Waals surface area contributed by atoms with Crippen LogP contribution in [-0.2, 0) is 0 Å². The van der Waals surface area contributed by atoms with Gasteiger partial charge in [0.2, 0.25) is 0 Å². The van der Waals surface area contributed by atoms with Crippen molar-refractivity contribution in [2.24, 2.45) is 0 Å². The standard InChI is InChI=1S/C16H12OS/c1-2-6-14(7-3-1)17-16-9-5-4-8-15(16)13-10-11-18-12-13/h1-12H. The Kier molecular flexibility index (Phi) is 3.11. The van der Waals surface area contributed by atoms with Gasteiger partial charge in [0.1, 0.15) is 11.5 Å². The van der Waals surface area contributed by atoms with Crippen LogP contribution in [0.1, 0.15) is 0 Å². The first-order valence-corrected chi connectivity index (χ1v) is 6.72. The molecule has 3 aromatic rings. The minimum atomic E-state index is 0.861. The number of para-hydroxylation sites is 2. The maximum atomic E-state index is 5.94. The molecule has 0 unspecified atom stereocenters. The molecule has 0 aliphatic carbocycles. The summed E-state index contributed by atoms with van der Waals surface area (Å²) in [4.78, 5) is 0. The molecular weight excluding hydrogens is 240 g/mol. The second kappa shape index (κ2) is 5.07. The van der Waals surface area contributed by atoms with E-state index in [1.54, 1.807) is 11.3 Å². The molecule has 0 saturated heterocycles. The first-order valence-electron chi connectivity index (χ1n) is 5.78. The number of hydrogen-bond acceptors (Lipinski definition) is 2. The molecular formula is C16H12OS. The lowest BCUT2D eigenvalue weighted by Crippen LogP contribution is -1.86. The zero-order valence-corrected chi connectivity index (χ0v) is 10.6. The van der Waals surface area contributed by atoms with Crippen LogP contribution in [-0.4, -0.2) is 0 Å². The van der Waals surface area contributed by atoms with E-state index in [1.165, 1.54) is 5.56 Å². The van der Waals surface area contributed by atoms with Gasteiger partial charge in [0, 0.05) is 5.56 Å². The molecule has 0 spiro atoms. The van der Waals surface area contributed by atoms with E-state index in [2.05, 4.69) is 22.9 Å². The van der Waals surface area contributed by atoms with Crippen LogP contribution in [0.2, 0.25) is 0 Å². The fraction of sp³-hybridized carbons (Fsp3) is 0. The van der Waals surface area contributed by atoms with Crippen LogP contribution in [0.4, 0.5) is 0 Å². The molecule has 1 aromatic heterocycles. The number of thiophene rings is 1. The number of hydrogen-bond donors (Lipinski definition) is 0. The highest BCUT2D eigenvalue weighted by Crippen LogP contribution is 2.33. The Labute approximate surface area is 110 Å². The number of ether oxygens (including phenoxy) is 1. The van der Waals surface area contributed by atoms with Crippen molar-refractivity contribution in [3.63, 3.8) is 0 Å². The smallest absolute Gasteiger partial charge is 0.135 e. The Hall–Kier alpha value is -2.06. The van der Waals surface area contributed by atoms with Crippen molar-refractivity contribution < 1.29 is 4.74 Å². The molecule has 2 heteroatoms. The molecule has 1 nitrogen and oxygen atoms in total. The van der Waals surface area contributed by atoms with Crippen molar-refractivity contribution in [1.29, 1.82) is 0 Å². The van der Waals surface area contributed by atoms with Crippen LogP contribution in [0.5, 0.6) is 11.5 Å². The lowest BCUT2D eigenvalue weighted by atomic mass is 10.1. The fourth-order valence-electron chi connectivity index (χ4n) is 1.83. The Morgan fingerprint density at radius 1 is 0.778 bits per heavy atom. The summed E-state index contributed by atoms with van der Waals surface area (Å²) in [6.07, 6.45) is 0. The van der Waals surface area contributed by atoms with Gasteiger partial charge in [0.25, 0.3) is 0 Å². The van der Waals surface area contributed by atoms with Crippen molar-refractivity contribution in [3.05, 3.63) is 71.4 Å². The molecule has 0 amide bonds. The first kappa shape index (κ1) is 11.1. The van der Waals surface area contributed by atoms with Crippen molar-refractivity contribution >= 4 is 11.3 Å². The molecule has 1 heterocycles. The highest BCUT2D eigenvalue weighted by atomic mass is 32.1. The van der Waals surface area contributed by atoms with Gasteiger partial charge in [-0.1, -0.05) is 36.4 Å². The topological polar surface area (TPSA) is 9.23 Å². The highest BCUT2D eigenvalue weighted by molar-refractivity contribution is 7.08. The van der Waals surface area contributed by atoms with E-state index in [-0.39, 0.29) is 0 Å². The zero-order chi connectivity index (χ0) is 12.2. The van der Waals surface area contributed by atoms with Crippen LogP contribution < -0.4 is 4.74 Å². The largest absolute Gasteiger partial charge is 0.457 e. The molecule has 0 N–H and O–H groups in total. The number of rotatable bonds is 3. The van der Waals surface area contributed by atoms with Gasteiger partial charge in [-0.25, -0.2) is 0 Å². The van der Waals surface area contributed by atoms with Gasteiger partial charge >= 0.3 is 0 Å². The van der Waals surface area contributed by atoms with Gasteiger partial charge in [-0.05, 0) is 40.6 Å². The summed E-state index contributed by atoms with van der Waals surface area (Å²) in [7, 11) is 0. The predicted molar refractivity (Wildman–Crippen MR) is 76.3 cm³/mol. The van der Waals surface area contributed by atoms with Crippen LogP contribution in [0.3, 0.4) is 0 Å². The quantitative estimate of drug-likeness (QED) is 0.622. The van der Waals surface area contributed by atoms with Gasteiger partial charge in [-0.2, -0.15) is 11.3 Å².